The normalized spacial score (nSPS) is 25.8. The van der Waals surface area contributed by atoms with Crippen LogP contribution in [0.15, 0.2) is 30.3 Å². The summed E-state index contributed by atoms with van der Waals surface area (Å²) >= 11 is 0. The molecule has 10 heteroatoms. The van der Waals surface area contributed by atoms with Crippen molar-refractivity contribution in [3.63, 3.8) is 0 Å². The molecular weight excluding hydrogens is 446 g/mol. The van der Waals surface area contributed by atoms with E-state index in [-0.39, 0.29) is 42.9 Å². The van der Waals surface area contributed by atoms with Gasteiger partial charge >= 0.3 is 6.03 Å². The number of aryl methyl sites for hydroxylation is 1. The minimum atomic E-state index is -3.08. The molecule has 4 heterocycles. The molecule has 33 heavy (non-hydrogen) atoms. The highest BCUT2D eigenvalue weighted by molar-refractivity contribution is 7.91. The lowest BCUT2D eigenvalue weighted by atomic mass is 9.84. The van der Waals surface area contributed by atoms with Crippen LogP contribution in [0.4, 0.5) is 4.79 Å². The molecule has 2 atom stereocenters. The molecule has 1 N–H and O–H groups in total. The van der Waals surface area contributed by atoms with Gasteiger partial charge in [0.25, 0.3) is 5.91 Å². The number of nitrogens with one attached hydrogen (secondary N) is 1. The molecule has 1 aromatic heterocycles. The highest BCUT2D eigenvalue weighted by atomic mass is 32.2. The van der Waals surface area contributed by atoms with Crippen LogP contribution in [0.5, 0.6) is 5.75 Å². The Balaban J connectivity index is 1.41. The Morgan fingerprint density at radius 2 is 2.00 bits per heavy atom. The third-order valence-electron chi connectivity index (χ3n) is 6.92. The first kappa shape index (κ1) is 21.7. The molecule has 0 saturated carbocycles. The van der Waals surface area contributed by atoms with Crippen molar-refractivity contribution >= 4 is 27.6 Å². The molecule has 0 aliphatic carbocycles. The molecule has 3 aliphatic heterocycles. The molecule has 9 nitrogen and oxygen atoms in total. The van der Waals surface area contributed by atoms with Crippen LogP contribution in [0.1, 0.15) is 46.2 Å². The Hall–Kier alpha value is -3.14. The number of carbonyl (C=O) groups is 3. The zero-order valence-electron chi connectivity index (χ0n) is 18.5. The highest BCUT2D eigenvalue weighted by Crippen LogP contribution is 2.41. The maximum absolute atomic E-state index is 13.4. The third kappa shape index (κ3) is 3.35. The second-order valence-electron chi connectivity index (χ2n) is 8.96. The Bertz CT molecular complexity index is 1300. The van der Waals surface area contributed by atoms with E-state index >= 15 is 0 Å². The molecule has 174 valence electrons. The number of hydrogen-bond acceptors (Lipinski definition) is 6. The van der Waals surface area contributed by atoms with E-state index in [2.05, 4.69) is 5.32 Å². The van der Waals surface area contributed by atoms with Crippen molar-refractivity contribution in [2.24, 2.45) is 0 Å². The Labute approximate surface area is 191 Å². The fourth-order valence-electron chi connectivity index (χ4n) is 5.34. The summed E-state index contributed by atoms with van der Waals surface area (Å²) in [5.41, 5.74) is 1.18. The fraction of sp³-hybridized carbons (Fsp3) is 0.435. The van der Waals surface area contributed by atoms with E-state index in [9.17, 15) is 22.8 Å². The summed E-state index contributed by atoms with van der Waals surface area (Å²) in [5.74, 6) is -0.106. The van der Waals surface area contributed by atoms with Gasteiger partial charge in [-0.05, 0) is 32.4 Å². The van der Waals surface area contributed by atoms with Crippen LogP contribution in [0, 0.1) is 13.8 Å². The Morgan fingerprint density at radius 3 is 2.73 bits per heavy atom. The smallest absolute Gasteiger partial charge is 0.325 e. The maximum atomic E-state index is 13.4. The summed E-state index contributed by atoms with van der Waals surface area (Å²) in [6.45, 7) is 3.49. The van der Waals surface area contributed by atoms with E-state index < -0.39 is 27.3 Å². The van der Waals surface area contributed by atoms with Gasteiger partial charge in [0.1, 0.15) is 5.75 Å². The lowest BCUT2D eigenvalue weighted by molar-refractivity contribution is -0.132. The molecule has 2 aromatic rings. The van der Waals surface area contributed by atoms with Gasteiger partial charge in [-0.1, -0.05) is 18.2 Å². The third-order valence-corrected chi connectivity index (χ3v) is 8.67. The second kappa shape index (κ2) is 7.44. The number of para-hydroxylation sites is 1. The van der Waals surface area contributed by atoms with Gasteiger partial charge in [-0.3, -0.25) is 14.5 Å². The molecule has 0 radical (unpaired) electrons. The average molecular weight is 472 g/mol. The number of nitrogens with zero attached hydrogens (tertiary/aromatic N) is 2. The number of amides is 3. The molecule has 3 amide bonds. The number of rotatable bonds is 4. The second-order valence-corrected chi connectivity index (χ2v) is 11.2. The number of ketones is 1. The van der Waals surface area contributed by atoms with Gasteiger partial charge in [-0.2, -0.15) is 0 Å². The van der Waals surface area contributed by atoms with Crippen LogP contribution >= 0.6 is 0 Å². The van der Waals surface area contributed by atoms with Crippen LogP contribution in [-0.4, -0.2) is 60.3 Å². The van der Waals surface area contributed by atoms with Crippen molar-refractivity contribution in [2.45, 2.75) is 38.3 Å². The number of aromatic nitrogens is 1. The van der Waals surface area contributed by atoms with Gasteiger partial charge in [-0.25, -0.2) is 13.2 Å². The zero-order valence-corrected chi connectivity index (χ0v) is 19.3. The van der Waals surface area contributed by atoms with Crippen molar-refractivity contribution in [3.05, 3.63) is 52.8 Å². The first-order valence-electron chi connectivity index (χ1n) is 10.9. The SMILES string of the molecule is Cc1cc(C(=O)CN2C(=O)N[C@]3(CCOc4ccccc43)C2=O)c(C)n1[C@@H]1CCS(=O)(=O)C1. The van der Waals surface area contributed by atoms with Gasteiger partial charge in [0.05, 0.1) is 24.7 Å². The number of fused-ring (bicyclic) bond motifs is 2. The van der Waals surface area contributed by atoms with Crippen LogP contribution in [-0.2, 0) is 20.2 Å². The molecule has 2 fully saturated rings. The maximum Gasteiger partial charge on any atom is 0.325 e. The summed E-state index contributed by atoms with van der Waals surface area (Å²) in [5, 5.41) is 2.80. The minimum absolute atomic E-state index is 0.0496. The molecule has 2 saturated heterocycles. The van der Waals surface area contributed by atoms with Gasteiger partial charge < -0.3 is 14.6 Å². The molecule has 3 aliphatic rings. The summed E-state index contributed by atoms with van der Waals surface area (Å²) in [6.07, 6.45) is 0.785. The van der Waals surface area contributed by atoms with E-state index in [1.165, 1.54) is 0 Å². The predicted octanol–water partition coefficient (Wildman–Crippen LogP) is 1.88. The Morgan fingerprint density at radius 1 is 1.24 bits per heavy atom. The molecule has 5 rings (SSSR count). The number of hydrogen-bond donors (Lipinski definition) is 1. The predicted molar refractivity (Wildman–Crippen MR) is 119 cm³/mol. The van der Waals surface area contributed by atoms with Crippen LogP contribution < -0.4 is 10.1 Å². The molecule has 0 bridgehead atoms. The molecule has 1 spiro atoms. The molecule has 0 unspecified atom stereocenters. The minimum Gasteiger partial charge on any atom is -0.493 e. The van der Waals surface area contributed by atoms with E-state index in [0.29, 0.717) is 29.0 Å². The van der Waals surface area contributed by atoms with E-state index in [1.54, 1.807) is 37.3 Å². The monoisotopic (exact) mass is 471 g/mol. The number of carbonyl (C=O) groups excluding carboxylic acids is 3. The van der Waals surface area contributed by atoms with Gasteiger partial charge in [0, 0.05) is 35.0 Å². The zero-order chi connectivity index (χ0) is 23.5. The quantitative estimate of drug-likeness (QED) is 0.538. The number of Topliss-reactive ketones (excluding diaryl/α,β-unsaturated/α-hetero) is 1. The fourth-order valence-corrected chi connectivity index (χ4v) is 7.04. The van der Waals surface area contributed by atoms with E-state index in [0.717, 1.165) is 10.6 Å². The van der Waals surface area contributed by atoms with Crippen molar-refractivity contribution in [2.75, 3.05) is 24.7 Å². The Kier molecular flexibility index (Phi) is 4.89. The van der Waals surface area contributed by atoms with Crippen molar-refractivity contribution in [3.8, 4) is 5.75 Å². The number of sulfone groups is 1. The number of benzene rings is 1. The van der Waals surface area contributed by atoms with Crippen LogP contribution in [0.2, 0.25) is 0 Å². The van der Waals surface area contributed by atoms with Gasteiger partial charge in [0.15, 0.2) is 21.2 Å². The molecular formula is C23H25N3O6S. The standard InChI is InChI=1S/C23H25N3O6S/c1-14-11-17(15(2)26(14)16-7-10-33(30,31)13-16)19(27)12-25-21(28)23(24-22(25)29)8-9-32-20-6-4-3-5-18(20)23/h3-6,11,16H,7-10,12-13H2,1-2H3,(H,24,29)/t16-,23+/m1/s1. The van der Waals surface area contributed by atoms with Crippen LogP contribution in [0.3, 0.4) is 0 Å². The van der Waals surface area contributed by atoms with Gasteiger partial charge in [-0.15, -0.1) is 0 Å². The first-order chi connectivity index (χ1) is 15.6. The van der Waals surface area contributed by atoms with E-state index in [4.69, 9.17) is 4.74 Å². The largest absolute Gasteiger partial charge is 0.493 e. The van der Waals surface area contributed by atoms with Crippen molar-refractivity contribution in [1.29, 1.82) is 0 Å². The number of ether oxygens (including phenoxy) is 1. The van der Waals surface area contributed by atoms with Crippen molar-refractivity contribution < 1.29 is 27.5 Å². The molecule has 1 aromatic carbocycles. The van der Waals surface area contributed by atoms with E-state index in [1.807, 2.05) is 11.5 Å². The first-order valence-corrected chi connectivity index (χ1v) is 12.7. The average Bonchev–Trinajstić information content (AvgIpc) is 3.35. The van der Waals surface area contributed by atoms with Crippen molar-refractivity contribution in [1.82, 2.24) is 14.8 Å². The lowest BCUT2D eigenvalue weighted by Gasteiger charge is -2.33. The summed E-state index contributed by atoms with van der Waals surface area (Å²) in [6, 6.07) is 7.96. The summed E-state index contributed by atoms with van der Waals surface area (Å²) in [7, 11) is -3.08. The summed E-state index contributed by atoms with van der Waals surface area (Å²) < 4.78 is 31.4. The highest BCUT2D eigenvalue weighted by Gasteiger charge is 2.55. The van der Waals surface area contributed by atoms with Gasteiger partial charge in [0.2, 0.25) is 0 Å². The lowest BCUT2D eigenvalue weighted by Crippen LogP contribution is -2.47. The number of imide groups is 1. The number of urea groups is 1. The summed E-state index contributed by atoms with van der Waals surface area (Å²) in [4.78, 5) is 40.4. The topological polar surface area (TPSA) is 115 Å². The van der Waals surface area contributed by atoms with Crippen LogP contribution in [0.25, 0.3) is 0 Å².